The highest BCUT2D eigenvalue weighted by molar-refractivity contribution is 9.10. The number of hydrogen-bond donors (Lipinski definition) is 1. The van der Waals surface area contributed by atoms with Crippen LogP contribution in [0.25, 0.3) is 0 Å². The normalized spacial score (nSPS) is 10.2. The zero-order valence-corrected chi connectivity index (χ0v) is 10.3. The molecule has 17 heavy (non-hydrogen) atoms. The van der Waals surface area contributed by atoms with Crippen LogP contribution in [0.15, 0.2) is 34.9 Å². The summed E-state index contributed by atoms with van der Waals surface area (Å²) >= 11 is 3.22. The maximum absolute atomic E-state index is 13.3. The SMILES string of the molecule is Nc1ncc(Br)c(OCc2ccccc2F)n1. The van der Waals surface area contributed by atoms with Crippen molar-refractivity contribution in [1.29, 1.82) is 0 Å². The molecule has 2 rings (SSSR count). The molecule has 0 radical (unpaired) electrons. The van der Waals surface area contributed by atoms with Gasteiger partial charge in [0.1, 0.15) is 12.4 Å². The van der Waals surface area contributed by atoms with Crippen molar-refractivity contribution >= 4 is 21.9 Å². The molecule has 4 nitrogen and oxygen atoms in total. The number of anilines is 1. The summed E-state index contributed by atoms with van der Waals surface area (Å²) in [7, 11) is 0. The second kappa shape index (κ2) is 5.09. The third-order valence-electron chi connectivity index (χ3n) is 2.05. The van der Waals surface area contributed by atoms with E-state index in [2.05, 4.69) is 25.9 Å². The third-order valence-corrected chi connectivity index (χ3v) is 2.60. The molecule has 1 heterocycles. The molecular weight excluding hydrogens is 289 g/mol. The number of halogens is 2. The zero-order chi connectivity index (χ0) is 12.3. The Labute approximate surface area is 106 Å². The molecule has 1 aromatic heterocycles. The highest BCUT2D eigenvalue weighted by atomic mass is 79.9. The van der Waals surface area contributed by atoms with Crippen molar-refractivity contribution in [2.45, 2.75) is 6.61 Å². The molecule has 0 unspecified atom stereocenters. The molecule has 2 N–H and O–H groups in total. The molecule has 0 amide bonds. The largest absolute Gasteiger partial charge is 0.472 e. The van der Waals surface area contributed by atoms with E-state index in [0.717, 1.165) is 0 Å². The Morgan fingerprint density at radius 2 is 2.12 bits per heavy atom. The van der Waals surface area contributed by atoms with E-state index in [1.807, 2.05) is 0 Å². The van der Waals surface area contributed by atoms with Crippen LogP contribution in [0.1, 0.15) is 5.56 Å². The van der Waals surface area contributed by atoms with Crippen LogP contribution in [0, 0.1) is 5.82 Å². The number of nitrogens with zero attached hydrogens (tertiary/aromatic N) is 2. The fourth-order valence-corrected chi connectivity index (χ4v) is 1.53. The summed E-state index contributed by atoms with van der Waals surface area (Å²) in [5.74, 6) is 0.0862. The van der Waals surface area contributed by atoms with Gasteiger partial charge < -0.3 is 10.5 Å². The summed E-state index contributed by atoms with van der Waals surface area (Å²) in [6.45, 7) is 0.0850. The molecular formula is C11H9BrFN3O. The molecule has 0 fully saturated rings. The molecule has 0 bridgehead atoms. The lowest BCUT2D eigenvalue weighted by Gasteiger charge is -2.07. The molecule has 6 heteroatoms. The lowest BCUT2D eigenvalue weighted by atomic mass is 10.2. The summed E-state index contributed by atoms with van der Waals surface area (Å²) < 4.78 is 19.3. The fourth-order valence-electron chi connectivity index (χ4n) is 1.23. The van der Waals surface area contributed by atoms with E-state index in [0.29, 0.717) is 15.9 Å². The van der Waals surface area contributed by atoms with Gasteiger partial charge in [-0.3, -0.25) is 0 Å². The van der Waals surface area contributed by atoms with E-state index in [-0.39, 0.29) is 18.4 Å². The Balaban J connectivity index is 2.12. The van der Waals surface area contributed by atoms with E-state index < -0.39 is 0 Å². The first kappa shape index (κ1) is 11.8. The lowest BCUT2D eigenvalue weighted by molar-refractivity contribution is 0.286. The summed E-state index contributed by atoms with van der Waals surface area (Å²) in [6.07, 6.45) is 1.49. The average Bonchev–Trinajstić information content (AvgIpc) is 2.32. The van der Waals surface area contributed by atoms with Crippen molar-refractivity contribution in [3.05, 3.63) is 46.3 Å². The molecule has 0 atom stereocenters. The van der Waals surface area contributed by atoms with Gasteiger partial charge in [-0.25, -0.2) is 9.37 Å². The van der Waals surface area contributed by atoms with Gasteiger partial charge in [0, 0.05) is 5.56 Å². The number of aromatic nitrogens is 2. The summed E-state index contributed by atoms with van der Waals surface area (Å²) in [5, 5.41) is 0. The number of hydrogen-bond acceptors (Lipinski definition) is 4. The maximum Gasteiger partial charge on any atom is 0.233 e. The number of nitrogens with two attached hydrogens (primary N) is 1. The zero-order valence-electron chi connectivity index (χ0n) is 8.73. The predicted octanol–water partition coefficient (Wildman–Crippen LogP) is 2.54. The Morgan fingerprint density at radius 1 is 1.35 bits per heavy atom. The smallest absolute Gasteiger partial charge is 0.233 e. The number of rotatable bonds is 3. The maximum atomic E-state index is 13.3. The third kappa shape index (κ3) is 2.91. The van der Waals surface area contributed by atoms with Gasteiger partial charge in [-0.15, -0.1) is 0 Å². The summed E-state index contributed by atoms with van der Waals surface area (Å²) in [5.41, 5.74) is 5.88. The summed E-state index contributed by atoms with van der Waals surface area (Å²) in [4.78, 5) is 7.67. The van der Waals surface area contributed by atoms with E-state index in [4.69, 9.17) is 10.5 Å². The molecule has 88 valence electrons. The first-order chi connectivity index (χ1) is 8.16. The standard InChI is InChI=1S/C11H9BrFN3O/c12-8-5-15-11(14)16-10(8)17-6-7-3-1-2-4-9(7)13/h1-5H,6H2,(H2,14,15,16). The lowest BCUT2D eigenvalue weighted by Crippen LogP contribution is -2.03. The van der Waals surface area contributed by atoms with Crippen LogP contribution >= 0.6 is 15.9 Å². The van der Waals surface area contributed by atoms with Crippen molar-refractivity contribution in [3.8, 4) is 5.88 Å². The van der Waals surface area contributed by atoms with Gasteiger partial charge in [-0.05, 0) is 22.0 Å². The van der Waals surface area contributed by atoms with Gasteiger partial charge in [0.05, 0.1) is 10.7 Å². The average molecular weight is 298 g/mol. The molecule has 0 saturated heterocycles. The minimum atomic E-state index is -0.314. The molecule has 0 aliphatic rings. The Kier molecular flexibility index (Phi) is 3.53. The van der Waals surface area contributed by atoms with Crippen LogP contribution < -0.4 is 10.5 Å². The van der Waals surface area contributed by atoms with Crippen LogP contribution in [0.2, 0.25) is 0 Å². The van der Waals surface area contributed by atoms with Crippen LogP contribution in [-0.4, -0.2) is 9.97 Å². The van der Waals surface area contributed by atoms with Crippen molar-refractivity contribution in [3.63, 3.8) is 0 Å². The number of benzene rings is 1. The molecule has 0 aliphatic heterocycles. The first-order valence-corrected chi connectivity index (χ1v) is 5.60. The van der Waals surface area contributed by atoms with E-state index >= 15 is 0 Å². The minimum absolute atomic E-state index is 0.0850. The predicted molar refractivity (Wildman–Crippen MR) is 64.9 cm³/mol. The van der Waals surface area contributed by atoms with Crippen LogP contribution in [0.4, 0.5) is 10.3 Å². The van der Waals surface area contributed by atoms with E-state index in [9.17, 15) is 4.39 Å². The quantitative estimate of drug-likeness (QED) is 0.946. The van der Waals surface area contributed by atoms with E-state index in [1.165, 1.54) is 12.3 Å². The number of nitrogen functional groups attached to an aromatic ring is 1. The first-order valence-electron chi connectivity index (χ1n) is 4.81. The highest BCUT2D eigenvalue weighted by Gasteiger charge is 2.07. The Morgan fingerprint density at radius 3 is 2.88 bits per heavy atom. The van der Waals surface area contributed by atoms with Crippen molar-refractivity contribution < 1.29 is 9.13 Å². The fraction of sp³-hybridized carbons (Fsp3) is 0.0909. The Bertz CT molecular complexity index is 536. The minimum Gasteiger partial charge on any atom is -0.472 e. The van der Waals surface area contributed by atoms with Gasteiger partial charge in [-0.1, -0.05) is 18.2 Å². The second-order valence-corrected chi connectivity index (χ2v) is 4.12. The summed E-state index contributed by atoms with van der Waals surface area (Å²) in [6, 6.07) is 6.39. The van der Waals surface area contributed by atoms with Gasteiger partial charge in [0.2, 0.25) is 11.8 Å². The molecule has 2 aromatic rings. The van der Waals surface area contributed by atoms with Gasteiger partial charge in [0.15, 0.2) is 0 Å². The van der Waals surface area contributed by atoms with E-state index in [1.54, 1.807) is 18.2 Å². The van der Waals surface area contributed by atoms with Crippen molar-refractivity contribution in [2.24, 2.45) is 0 Å². The molecule has 1 aromatic carbocycles. The molecule has 0 aliphatic carbocycles. The van der Waals surface area contributed by atoms with Crippen LogP contribution in [0.5, 0.6) is 5.88 Å². The molecule has 0 spiro atoms. The van der Waals surface area contributed by atoms with Gasteiger partial charge in [0.25, 0.3) is 0 Å². The molecule has 0 saturated carbocycles. The topological polar surface area (TPSA) is 61.0 Å². The van der Waals surface area contributed by atoms with Crippen molar-refractivity contribution in [1.82, 2.24) is 9.97 Å². The monoisotopic (exact) mass is 297 g/mol. The second-order valence-electron chi connectivity index (χ2n) is 3.26. The van der Waals surface area contributed by atoms with Crippen LogP contribution in [0.3, 0.4) is 0 Å². The van der Waals surface area contributed by atoms with Crippen LogP contribution in [-0.2, 0) is 6.61 Å². The van der Waals surface area contributed by atoms with Gasteiger partial charge >= 0.3 is 0 Å². The Hall–Kier alpha value is -1.69. The van der Waals surface area contributed by atoms with Crippen molar-refractivity contribution in [2.75, 3.05) is 5.73 Å². The van der Waals surface area contributed by atoms with Gasteiger partial charge in [-0.2, -0.15) is 4.98 Å². The number of ether oxygens (including phenoxy) is 1. The highest BCUT2D eigenvalue weighted by Crippen LogP contribution is 2.22.